The predicted octanol–water partition coefficient (Wildman–Crippen LogP) is 7.77. The number of allylic oxidation sites excluding steroid dienone is 2. The molecule has 2 aromatic rings. The highest BCUT2D eigenvalue weighted by Gasteiger charge is 2.36. The predicted molar refractivity (Wildman–Crippen MR) is 126 cm³/mol. The van der Waals surface area contributed by atoms with E-state index in [-0.39, 0.29) is 12.2 Å². The average Bonchev–Trinajstić information content (AvgIpc) is 2.80. The minimum Gasteiger partial charge on any atom is -0.491 e. The Balaban J connectivity index is 1.66. The van der Waals surface area contributed by atoms with Crippen LogP contribution in [0.25, 0.3) is 11.1 Å². The minimum atomic E-state index is 0.257. The van der Waals surface area contributed by atoms with Gasteiger partial charge >= 0.3 is 0 Å². The number of hydrogen-bond donors (Lipinski definition) is 0. The first-order chi connectivity index (χ1) is 14.6. The average molecular weight is 405 g/mol. The minimum absolute atomic E-state index is 0.257. The highest BCUT2D eigenvalue weighted by Crippen LogP contribution is 2.53. The molecule has 0 unspecified atom stereocenters. The summed E-state index contributed by atoms with van der Waals surface area (Å²) in [6.45, 7) is 8.58. The highest BCUT2D eigenvalue weighted by molar-refractivity contribution is 5.94. The Morgan fingerprint density at radius 3 is 1.27 bits per heavy atom. The molecule has 5 rings (SSSR count). The van der Waals surface area contributed by atoms with Gasteiger partial charge in [-0.25, -0.2) is 0 Å². The normalized spacial score (nSPS) is 22.7. The summed E-state index contributed by atoms with van der Waals surface area (Å²) >= 11 is 0. The van der Waals surface area contributed by atoms with Gasteiger partial charge in [0, 0.05) is 0 Å². The molecule has 30 heavy (non-hydrogen) atoms. The quantitative estimate of drug-likeness (QED) is 0.447. The highest BCUT2D eigenvalue weighted by atomic mass is 16.5. The Morgan fingerprint density at radius 1 is 0.633 bits per heavy atom. The maximum atomic E-state index is 6.00. The van der Waals surface area contributed by atoms with Crippen molar-refractivity contribution < 1.29 is 9.47 Å². The lowest BCUT2D eigenvalue weighted by Gasteiger charge is -2.41. The van der Waals surface area contributed by atoms with Gasteiger partial charge in [0.25, 0.3) is 0 Å². The van der Waals surface area contributed by atoms with Gasteiger partial charge in [0.2, 0.25) is 0 Å². The maximum absolute atomic E-state index is 6.00. The Bertz CT molecular complexity index is 781. The monoisotopic (exact) mass is 404 g/mol. The number of hydrogen-bond acceptors (Lipinski definition) is 2. The second kappa shape index (κ2) is 9.29. The summed E-state index contributed by atoms with van der Waals surface area (Å²) in [6.07, 6.45) is 7.86. The molecule has 2 aromatic carbocycles. The standard InChI is InChI=1S/C28H36O2/c1-5-19(3)29-25-15-11-23(12-16-25)27-21-7-9-22(10-8-21)28(27)24-13-17-26(18-14-24)30-20(4)6-2/h11-22H,5-10H2,1-4H3/t19-,20-,21?,22?/m1/s1. The van der Waals surface area contributed by atoms with E-state index >= 15 is 0 Å². The zero-order chi connectivity index (χ0) is 21.1. The van der Waals surface area contributed by atoms with Gasteiger partial charge in [0.15, 0.2) is 0 Å². The van der Waals surface area contributed by atoms with Gasteiger partial charge in [0.05, 0.1) is 12.2 Å². The third kappa shape index (κ3) is 4.43. The van der Waals surface area contributed by atoms with Crippen molar-refractivity contribution in [3.63, 3.8) is 0 Å². The molecule has 0 aliphatic heterocycles. The van der Waals surface area contributed by atoms with Crippen LogP contribution in [0, 0.1) is 11.8 Å². The molecule has 0 N–H and O–H groups in total. The molecule has 1 saturated carbocycles. The lowest BCUT2D eigenvalue weighted by molar-refractivity contribution is 0.217. The molecular weight excluding hydrogens is 368 g/mol. The van der Waals surface area contributed by atoms with Crippen molar-refractivity contribution in [3.05, 3.63) is 59.7 Å². The first kappa shape index (κ1) is 21.0. The molecule has 0 saturated heterocycles. The molecule has 2 heteroatoms. The van der Waals surface area contributed by atoms with Gasteiger partial charge in [-0.2, -0.15) is 0 Å². The van der Waals surface area contributed by atoms with Crippen LogP contribution in [0.2, 0.25) is 0 Å². The summed E-state index contributed by atoms with van der Waals surface area (Å²) in [4.78, 5) is 0. The number of benzene rings is 2. The maximum Gasteiger partial charge on any atom is 0.119 e. The zero-order valence-electron chi connectivity index (χ0n) is 19.0. The van der Waals surface area contributed by atoms with E-state index in [0.29, 0.717) is 11.8 Å². The molecule has 3 aliphatic rings. The number of ether oxygens (including phenoxy) is 2. The van der Waals surface area contributed by atoms with E-state index in [9.17, 15) is 0 Å². The van der Waals surface area contributed by atoms with Crippen molar-refractivity contribution in [3.8, 4) is 11.5 Å². The van der Waals surface area contributed by atoms with Crippen LogP contribution in [0.15, 0.2) is 48.5 Å². The third-order valence-electron chi connectivity index (χ3n) is 6.99. The topological polar surface area (TPSA) is 18.5 Å². The van der Waals surface area contributed by atoms with Crippen molar-refractivity contribution in [2.45, 2.75) is 78.4 Å². The van der Waals surface area contributed by atoms with Gasteiger partial charge in [-0.05, 0) is 111 Å². The van der Waals surface area contributed by atoms with Crippen molar-refractivity contribution in [2.24, 2.45) is 11.8 Å². The second-order valence-electron chi connectivity index (χ2n) is 9.10. The molecule has 0 radical (unpaired) electrons. The van der Waals surface area contributed by atoms with Crippen LogP contribution in [-0.2, 0) is 0 Å². The largest absolute Gasteiger partial charge is 0.491 e. The molecule has 160 valence electrons. The summed E-state index contributed by atoms with van der Waals surface area (Å²) in [5.41, 5.74) is 5.89. The fourth-order valence-corrected chi connectivity index (χ4v) is 4.95. The zero-order valence-corrected chi connectivity index (χ0v) is 19.0. The molecule has 2 nitrogen and oxygen atoms in total. The molecule has 2 bridgehead atoms. The number of rotatable bonds is 8. The van der Waals surface area contributed by atoms with Crippen LogP contribution in [0.5, 0.6) is 11.5 Å². The van der Waals surface area contributed by atoms with Crippen LogP contribution >= 0.6 is 0 Å². The van der Waals surface area contributed by atoms with E-state index < -0.39 is 0 Å². The van der Waals surface area contributed by atoms with Gasteiger partial charge in [-0.15, -0.1) is 0 Å². The van der Waals surface area contributed by atoms with E-state index in [1.807, 2.05) is 0 Å². The van der Waals surface area contributed by atoms with E-state index in [1.54, 1.807) is 11.1 Å². The summed E-state index contributed by atoms with van der Waals surface area (Å²) in [5.74, 6) is 3.32. The van der Waals surface area contributed by atoms with E-state index in [1.165, 1.54) is 36.8 Å². The number of fused-ring (bicyclic) bond motifs is 2. The summed E-state index contributed by atoms with van der Waals surface area (Å²) in [7, 11) is 0. The molecule has 1 fully saturated rings. The summed E-state index contributed by atoms with van der Waals surface area (Å²) in [6, 6.07) is 17.7. The van der Waals surface area contributed by atoms with Crippen molar-refractivity contribution in [2.75, 3.05) is 0 Å². The SMILES string of the molecule is CC[C@@H](C)Oc1ccc(C2=C(c3ccc(O[C@H](C)CC)cc3)C3CCC2CC3)cc1. The molecule has 0 heterocycles. The van der Waals surface area contributed by atoms with Crippen LogP contribution in [0.3, 0.4) is 0 Å². The lowest BCUT2D eigenvalue weighted by atomic mass is 9.64. The van der Waals surface area contributed by atoms with Crippen LogP contribution in [-0.4, -0.2) is 12.2 Å². The molecule has 2 atom stereocenters. The Kier molecular flexibility index (Phi) is 6.51. The smallest absolute Gasteiger partial charge is 0.119 e. The van der Waals surface area contributed by atoms with Crippen molar-refractivity contribution in [1.82, 2.24) is 0 Å². The summed E-state index contributed by atoms with van der Waals surface area (Å²) < 4.78 is 12.0. The van der Waals surface area contributed by atoms with E-state index in [4.69, 9.17) is 9.47 Å². The summed E-state index contributed by atoms with van der Waals surface area (Å²) in [5, 5.41) is 0. The van der Waals surface area contributed by atoms with E-state index in [0.717, 1.165) is 24.3 Å². The van der Waals surface area contributed by atoms with E-state index in [2.05, 4.69) is 76.2 Å². The Labute approximate surface area is 182 Å². The fourth-order valence-electron chi connectivity index (χ4n) is 4.95. The van der Waals surface area contributed by atoms with Crippen molar-refractivity contribution >= 4 is 11.1 Å². The Hall–Kier alpha value is -2.22. The fraction of sp³-hybridized carbons (Fsp3) is 0.500. The molecule has 0 aromatic heterocycles. The molecule has 3 aliphatic carbocycles. The van der Waals surface area contributed by atoms with Crippen LogP contribution in [0.4, 0.5) is 0 Å². The van der Waals surface area contributed by atoms with Gasteiger partial charge in [0.1, 0.15) is 11.5 Å². The van der Waals surface area contributed by atoms with Crippen LogP contribution in [0.1, 0.15) is 77.3 Å². The van der Waals surface area contributed by atoms with Crippen LogP contribution < -0.4 is 9.47 Å². The molecule has 0 spiro atoms. The molecule has 0 amide bonds. The second-order valence-corrected chi connectivity index (χ2v) is 9.10. The first-order valence-corrected chi connectivity index (χ1v) is 11.9. The van der Waals surface area contributed by atoms with Gasteiger partial charge < -0.3 is 9.47 Å². The first-order valence-electron chi connectivity index (χ1n) is 11.9. The van der Waals surface area contributed by atoms with Gasteiger partial charge in [-0.1, -0.05) is 38.1 Å². The van der Waals surface area contributed by atoms with Crippen molar-refractivity contribution in [1.29, 1.82) is 0 Å². The van der Waals surface area contributed by atoms with Gasteiger partial charge in [-0.3, -0.25) is 0 Å². The Morgan fingerprint density at radius 2 is 0.967 bits per heavy atom. The lowest BCUT2D eigenvalue weighted by Crippen LogP contribution is -2.25. The molecular formula is C28H36O2. The third-order valence-corrected chi connectivity index (χ3v) is 6.99.